The molecule has 0 fully saturated rings. The molecule has 0 atom stereocenters. The van der Waals surface area contributed by atoms with Crippen molar-refractivity contribution in [1.82, 2.24) is 0 Å². The van der Waals surface area contributed by atoms with E-state index in [1.807, 2.05) is 0 Å². The zero-order chi connectivity index (χ0) is 30.1. The average Bonchev–Trinajstić information content (AvgIpc) is 3.33. The van der Waals surface area contributed by atoms with E-state index in [0.717, 1.165) is 12.8 Å². The molecule has 43 heavy (non-hydrogen) atoms. The molecule has 0 N–H and O–H groups in total. The monoisotopic (exact) mass is 563 g/mol. The van der Waals surface area contributed by atoms with Gasteiger partial charge in [-0.05, 0) is 102 Å². The first-order valence-corrected chi connectivity index (χ1v) is 15.8. The van der Waals surface area contributed by atoms with Crippen LogP contribution < -0.4 is 4.90 Å². The highest BCUT2D eigenvalue weighted by molar-refractivity contribution is 6.07. The lowest BCUT2D eigenvalue weighted by atomic mass is 9.78. The summed E-state index contributed by atoms with van der Waals surface area (Å²) in [6.45, 7) is 11.8. The van der Waals surface area contributed by atoms with Crippen molar-refractivity contribution in [1.29, 1.82) is 0 Å². The Bertz CT molecular complexity index is 1970. The van der Waals surface area contributed by atoms with Crippen LogP contribution in [-0.4, -0.2) is 24.4 Å². The first kappa shape index (κ1) is 27.7. The smallest absolute Gasteiger partial charge is 0.210 e. The zero-order valence-corrected chi connectivity index (χ0v) is 26.8. The Hall–Kier alpha value is -4.17. The Labute approximate surface area is 257 Å². The summed E-state index contributed by atoms with van der Waals surface area (Å²) in [7, 11) is 4.45. The lowest BCUT2D eigenvalue weighted by Gasteiger charge is -2.25. The van der Waals surface area contributed by atoms with E-state index < -0.39 is 0 Å². The van der Waals surface area contributed by atoms with E-state index in [1.165, 1.54) is 78.6 Å². The normalized spacial score (nSPS) is 21.2. The molecule has 1 aliphatic carbocycles. The van der Waals surface area contributed by atoms with E-state index in [-0.39, 0.29) is 10.8 Å². The molecule has 4 aromatic rings. The predicted octanol–water partition coefficient (Wildman–Crippen LogP) is 10.3. The van der Waals surface area contributed by atoms with Crippen molar-refractivity contribution in [3.8, 4) is 0 Å². The van der Waals surface area contributed by atoms with Crippen LogP contribution in [0.1, 0.15) is 65.0 Å². The number of nitrogens with zero attached hydrogens (tertiary/aromatic N) is 2. The molecule has 2 aliphatic heterocycles. The standard InChI is InChI=1S/C41H43N2/c1-27-28(21-25-36-40(2,3)38-32-17-10-8-13-30(32)19-23-34(38)42(36)6)15-12-16-29(27)22-26-37-41(4,5)39-33-18-11-9-14-31(33)20-24-35(39)43(37)7/h8-11,13-14,17-26H,12,15-16H2,1-7H3/q+1. The molecule has 2 heteroatoms. The van der Waals surface area contributed by atoms with E-state index >= 15 is 0 Å². The van der Waals surface area contributed by atoms with E-state index in [9.17, 15) is 0 Å². The van der Waals surface area contributed by atoms with Crippen LogP contribution in [0.15, 0.2) is 120 Å². The maximum atomic E-state index is 2.41. The molecule has 0 unspecified atom stereocenters. The maximum Gasteiger partial charge on any atom is 0.210 e. The fraction of sp³-hybridized carbons (Fsp3) is 0.293. The maximum absolute atomic E-state index is 2.41. The van der Waals surface area contributed by atoms with Crippen molar-refractivity contribution in [2.45, 2.75) is 64.7 Å². The van der Waals surface area contributed by atoms with Crippen molar-refractivity contribution in [2.75, 3.05) is 19.0 Å². The van der Waals surface area contributed by atoms with Gasteiger partial charge in [0.1, 0.15) is 7.05 Å². The molecule has 216 valence electrons. The van der Waals surface area contributed by atoms with E-state index in [4.69, 9.17) is 0 Å². The highest BCUT2D eigenvalue weighted by atomic mass is 15.2. The Morgan fingerprint density at radius 3 is 2.09 bits per heavy atom. The van der Waals surface area contributed by atoms with Gasteiger partial charge < -0.3 is 4.90 Å². The van der Waals surface area contributed by atoms with Crippen LogP contribution in [0.2, 0.25) is 0 Å². The summed E-state index contributed by atoms with van der Waals surface area (Å²) in [5, 5.41) is 5.35. The van der Waals surface area contributed by atoms with Crippen LogP contribution in [-0.2, 0) is 10.8 Å². The molecule has 0 spiro atoms. The summed E-state index contributed by atoms with van der Waals surface area (Å²) < 4.78 is 2.40. The average molecular weight is 564 g/mol. The fourth-order valence-electron chi connectivity index (χ4n) is 8.21. The number of rotatable bonds is 3. The Morgan fingerprint density at radius 2 is 1.37 bits per heavy atom. The molecular formula is C41H43N2+. The van der Waals surface area contributed by atoms with Crippen molar-refractivity contribution in [3.05, 3.63) is 131 Å². The highest BCUT2D eigenvalue weighted by Gasteiger charge is 2.44. The number of allylic oxidation sites excluding steroid dienone is 8. The van der Waals surface area contributed by atoms with E-state index in [0.29, 0.717) is 0 Å². The largest absolute Gasteiger partial charge is 0.347 e. The lowest BCUT2D eigenvalue weighted by Crippen LogP contribution is -2.27. The molecule has 0 radical (unpaired) electrons. The molecule has 4 aromatic carbocycles. The summed E-state index contributed by atoms with van der Waals surface area (Å²) >= 11 is 0. The fourth-order valence-corrected chi connectivity index (χ4v) is 8.21. The van der Waals surface area contributed by atoms with E-state index in [1.54, 1.807) is 0 Å². The van der Waals surface area contributed by atoms with Crippen molar-refractivity contribution in [3.63, 3.8) is 0 Å². The van der Waals surface area contributed by atoms with Crippen LogP contribution >= 0.6 is 0 Å². The highest BCUT2D eigenvalue weighted by Crippen LogP contribution is 2.50. The minimum atomic E-state index is -0.0640. The second-order valence-electron chi connectivity index (χ2n) is 13.7. The van der Waals surface area contributed by atoms with Crippen molar-refractivity contribution >= 4 is 38.6 Å². The van der Waals surface area contributed by atoms with Crippen molar-refractivity contribution in [2.24, 2.45) is 0 Å². The van der Waals surface area contributed by atoms with Crippen LogP contribution in [0.4, 0.5) is 11.4 Å². The van der Waals surface area contributed by atoms with Gasteiger partial charge in [-0.2, -0.15) is 4.58 Å². The molecule has 0 saturated heterocycles. The van der Waals surface area contributed by atoms with Crippen LogP contribution in [0.25, 0.3) is 21.5 Å². The minimum absolute atomic E-state index is 0.0640. The van der Waals surface area contributed by atoms with Crippen LogP contribution in [0.5, 0.6) is 0 Å². The van der Waals surface area contributed by atoms with Gasteiger partial charge in [-0.25, -0.2) is 0 Å². The lowest BCUT2D eigenvalue weighted by molar-refractivity contribution is -0.401. The first-order valence-electron chi connectivity index (χ1n) is 15.8. The van der Waals surface area contributed by atoms with Gasteiger partial charge in [-0.15, -0.1) is 0 Å². The predicted molar refractivity (Wildman–Crippen MR) is 185 cm³/mol. The topological polar surface area (TPSA) is 6.25 Å². The third-order valence-electron chi connectivity index (χ3n) is 10.5. The number of likely N-dealkylation sites (N-methyl/N-ethyl adjacent to an activating group) is 1. The van der Waals surface area contributed by atoms with Gasteiger partial charge in [-0.1, -0.05) is 80.6 Å². The SMILES string of the molecule is CC1=C(/C=C/C2=[N+](C)c3ccc4ccccc4c3C2(C)C)CCC/C1=C\C=C1\N(C)c2ccc3ccccc3c2C1(C)C. The number of hydrogen-bond donors (Lipinski definition) is 0. The van der Waals surface area contributed by atoms with Gasteiger partial charge in [0.2, 0.25) is 5.69 Å². The quantitative estimate of drug-likeness (QED) is 0.225. The third kappa shape index (κ3) is 4.18. The van der Waals surface area contributed by atoms with Gasteiger partial charge in [0.25, 0.3) is 0 Å². The molecule has 7 rings (SSSR count). The summed E-state index contributed by atoms with van der Waals surface area (Å²) in [6, 6.07) is 26.7. The molecule has 3 aliphatic rings. The molecule has 0 aromatic heterocycles. The molecular weight excluding hydrogens is 520 g/mol. The Balaban J connectivity index is 1.22. The third-order valence-corrected chi connectivity index (χ3v) is 10.5. The number of hydrogen-bond acceptors (Lipinski definition) is 1. The number of anilines is 1. The number of fused-ring (bicyclic) bond motifs is 6. The second-order valence-corrected chi connectivity index (χ2v) is 13.7. The zero-order valence-electron chi connectivity index (χ0n) is 26.8. The minimum Gasteiger partial charge on any atom is -0.347 e. The van der Waals surface area contributed by atoms with Gasteiger partial charge in [0, 0.05) is 41.6 Å². The first-order chi connectivity index (χ1) is 20.6. The van der Waals surface area contributed by atoms with Gasteiger partial charge in [0.05, 0.1) is 5.41 Å². The summed E-state index contributed by atoms with van der Waals surface area (Å²) in [6.07, 6.45) is 13.1. The van der Waals surface area contributed by atoms with Gasteiger partial charge in [0.15, 0.2) is 5.71 Å². The summed E-state index contributed by atoms with van der Waals surface area (Å²) in [5.41, 5.74) is 12.5. The Morgan fingerprint density at radius 1 is 0.721 bits per heavy atom. The van der Waals surface area contributed by atoms with Crippen LogP contribution in [0, 0.1) is 0 Å². The molecule has 2 nitrogen and oxygen atoms in total. The second kappa shape index (κ2) is 9.95. The molecule has 2 heterocycles. The Kier molecular flexibility index (Phi) is 6.40. The molecule has 0 saturated carbocycles. The molecule has 0 amide bonds. The van der Waals surface area contributed by atoms with Crippen molar-refractivity contribution < 1.29 is 4.58 Å². The molecule has 0 bridgehead atoms. The summed E-state index contributed by atoms with van der Waals surface area (Å²) in [4.78, 5) is 2.40. The van der Waals surface area contributed by atoms with Gasteiger partial charge in [-0.3, -0.25) is 0 Å². The van der Waals surface area contributed by atoms with Gasteiger partial charge >= 0.3 is 0 Å². The van der Waals surface area contributed by atoms with Crippen LogP contribution in [0.3, 0.4) is 0 Å². The summed E-state index contributed by atoms with van der Waals surface area (Å²) in [5.74, 6) is 0. The van der Waals surface area contributed by atoms with E-state index in [2.05, 4.69) is 155 Å². The number of benzene rings is 4.